The third-order valence-electron chi connectivity index (χ3n) is 5.25. The Morgan fingerprint density at radius 1 is 1.10 bits per heavy atom. The van der Waals surface area contributed by atoms with Crippen molar-refractivity contribution in [1.29, 1.82) is 0 Å². The van der Waals surface area contributed by atoms with Crippen LogP contribution in [0.1, 0.15) is 18.4 Å². The van der Waals surface area contributed by atoms with Crippen molar-refractivity contribution in [3.63, 3.8) is 0 Å². The molecular weight excluding hydrogens is 380 g/mol. The van der Waals surface area contributed by atoms with Crippen molar-refractivity contribution in [2.75, 3.05) is 38.0 Å². The number of hydrogen-bond donors (Lipinski definition) is 1. The van der Waals surface area contributed by atoms with Gasteiger partial charge in [0.1, 0.15) is 0 Å². The van der Waals surface area contributed by atoms with Crippen LogP contribution < -0.4 is 5.32 Å². The lowest BCUT2D eigenvalue weighted by Gasteiger charge is -2.33. The Labute approximate surface area is 175 Å². The number of nitrogens with zero attached hydrogens (tertiary/aromatic N) is 5. The molecule has 0 radical (unpaired) electrons. The van der Waals surface area contributed by atoms with Gasteiger partial charge in [0.2, 0.25) is 17.6 Å². The van der Waals surface area contributed by atoms with Gasteiger partial charge >= 0.3 is 0 Å². The number of carbonyl (C=O) groups excluding carboxylic acids is 1. The van der Waals surface area contributed by atoms with Gasteiger partial charge in [0.15, 0.2) is 0 Å². The molecule has 1 aromatic carbocycles. The molecule has 0 saturated carbocycles. The Balaban J connectivity index is 1.24. The summed E-state index contributed by atoms with van der Waals surface area (Å²) in [4.78, 5) is 25.4. The Bertz CT molecular complexity index is 967. The third kappa shape index (κ3) is 5.08. The Morgan fingerprint density at radius 3 is 2.67 bits per heavy atom. The molecule has 156 valence electrons. The summed E-state index contributed by atoms with van der Waals surface area (Å²) in [6, 6.07) is 11.7. The van der Waals surface area contributed by atoms with E-state index in [1.54, 1.807) is 12.4 Å². The van der Waals surface area contributed by atoms with Crippen molar-refractivity contribution >= 4 is 11.6 Å². The zero-order valence-electron chi connectivity index (χ0n) is 17.1. The van der Waals surface area contributed by atoms with Crippen LogP contribution in [-0.2, 0) is 17.8 Å². The topological polar surface area (TPSA) is 87.4 Å². The summed E-state index contributed by atoms with van der Waals surface area (Å²) < 4.78 is 5.39. The molecule has 0 atom stereocenters. The van der Waals surface area contributed by atoms with Crippen LogP contribution in [0.2, 0.25) is 0 Å². The number of para-hydroxylation sites is 1. The summed E-state index contributed by atoms with van der Waals surface area (Å²) in [6.07, 6.45) is 4.33. The zero-order valence-corrected chi connectivity index (χ0v) is 17.1. The molecule has 0 aliphatic carbocycles. The van der Waals surface area contributed by atoms with E-state index in [0.29, 0.717) is 24.8 Å². The molecule has 3 heterocycles. The molecule has 3 aromatic rings. The minimum absolute atomic E-state index is 0.0300. The number of piperazine rings is 1. The van der Waals surface area contributed by atoms with E-state index in [1.165, 1.54) is 0 Å². The predicted molar refractivity (Wildman–Crippen MR) is 114 cm³/mol. The molecule has 0 bridgehead atoms. The van der Waals surface area contributed by atoms with Gasteiger partial charge in [-0.3, -0.25) is 19.6 Å². The Kier molecular flexibility index (Phi) is 6.46. The van der Waals surface area contributed by atoms with Crippen LogP contribution in [0.5, 0.6) is 0 Å². The van der Waals surface area contributed by atoms with E-state index in [0.717, 1.165) is 49.4 Å². The van der Waals surface area contributed by atoms with Crippen LogP contribution in [0.25, 0.3) is 11.4 Å². The molecule has 1 N–H and O–H groups in total. The molecule has 2 aromatic heterocycles. The first-order chi connectivity index (χ1) is 14.7. The van der Waals surface area contributed by atoms with Gasteiger partial charge in [0, 0.05) is 49.8 Å². The Hall–Kier alpha value is -3.10. The second-order valence-corrected chi connectivity index (χ2v) is 7.36. The number of carbonyl (C=O) groups is 1. The van der Waals surface area contributed by atoms with Crippen LogP contribution in [0.15, 0.2) is 53.3 Å². The van der Waals surface area contributed by atoms with Gasteiger partial charge in [-0.05, 0) is 30.2 Å². The number of aryl methyl sites for hydroxylation is 1. The average Bonchev–Trinajstić information content (AvgIpc) is 3.24. The molecule has 8 heteroatoms. The van der Waals surface area contributed by atoms with E-state index in [2.05, 4.69) is 37.2 Å². The first-order valence-electron chi connectivity index (χ1n) is 10.3. The maximum Gasteiger partial charge on any atom is 0.241 e. The van der Waals surface area contributed by atoms with Crippen molar-refractivity contribution in [3.8, 4) is 11.4 Å². The minimum Gasteiger partial charge on any atom is -0.338 e. The number of hydrogen-bond acceptors (Lipinski definition) is 7. The number of nitrogens with one attached hydrogen (secondary N) is 1. The van der Waals surface area contributed by atoms with Crippen LogP contribution in [0, 0.1) is 0 Å². The smallest absolute Gasteiger partial charge is 0.241 e. The quantitative estimate of drug-likeness (QED) is 0.645. The summed E-state index contributed by atoms with van der Waals surface area (Å²) in [5.74, 6) is 1.18. The number of benzene rings is 1. The molecule has 1 fully saturated rings. The number of anilines is 1. The average molecular weight is 406 g/mol. The van der Waals surface area contributed by atoms with Gasteiger partial charge in [-0.1, -0.05) is 30.3 Å². The molecule has 30 heavy (non-hydrogen) atoms. The summed E-state index contributed by atoms with van der Waals surface area (Å²) in [7, 11) is 0. The second kappa shape index (κ2) is 9.60. The maximum atomic E-state index is 12.5. The lowest BCUT2D eigenvalue weighted by molar-refractivity contribution is -0.117. The fourth-order valence-corrected chi connectivity index (χ4v) is 3.57. The van der Waals surface area contributed by atoms with Gasteiger partial charge in [-0.25, -0.2) is 0 Å². The zero-order chi connectivity index (χ0) is 20.8. The van der Waals surface area contributed by atoms with Gasteiger partial charge in [-0.15, -0.1) is 0 Å². The number of rotatable bonds is 7. The first kappa shape index (κ1) is 20.2. The van der Waals surface area contributed by atoms with Gasteiger partial charge < -0.3 is 9.84 Å². The molecule has 0 spiro atoms. The monoisotopic (exact) mass is 406 g/mol. The standard InChI is InChI=1S/C22H26N6O2/c1-2-17-6-3-4-8-19(17)24-20(29)15-27-10-12-28(13-11-27)16-21-25-22(26-30-21)18-7-5-9-23-14-18/h3-9,14H,2,10-13,15-16H2,1H3,(H,24,29). The lowest BCUT2D eigenvalue weighted by Crippen LogP contribution is -2.48. The highest BCUT2D eigenvalue weighted by Crippen LogP contribution is 2.17. The summed E-state index contributed by atoms with van der Waals surface area (Å²) in [5.41, 5.74) is 2.90. The number of pyridine rings is 1. The largest absolute Gasteiger partial charge is 0.338 e. The lowest BCUT2D eigenvalue weighted by atomic mass is 10.1. The van der Waals surface area contributed by atoms with Crippen molar-refractivity contribution in [1.82, 2.24) is 24.9 Å². The van der Waals surface area contributed by atoms with Crippen LogP contribution in [0.3, 0.4) is 0 Å². The van der Waals surface area contributed by atoms with Gasteiger partial charge in [-0.2, -0.15) is 4.98 Å². The first-order valence-corrected chi connectivity index (χ1v) is 10.3. The van der Waals surface area contributed by atoms with Crippen molar-refractivity contribution in [3.05, 3.63) is 60.2 Å². The third-order valence-corrected chi connectivity index (χ3v) is 5.25. The van der Waals surface area contributed by atoms with E-state index in [9.17, 15) is 4.79 Å². The summed E-state index contributed by atoms with van der Waals surface area (Å²) >= 11 is 0. The molecular formula is C22H26N6O2. The SMILES string of the molecule is CCc1ccccc1NC(=O)CN1CCN(Cc2nc(-c3cccnc3)no2)CC1. The summed E-state index contributed by atoms with van der Waals surface area (Å²) in [5, 5.41) is 7.09. The predicted octanol–water partition coefficient (Wildman–Crippen LogP) is 2.45. The maximum absolute atomic E-state index is 12.5. The van der Waals surface area contributed by atoms with Crippen LogP contribution in [-0.4, -0.2) is 63.6 Å². The van der Waals surface area contributed by atoms with E-state index < -0.39 is 0 Å². The van der Waals surface area contributed by atoms with Gasteiger partial charge in [0.25, 0.3) is 0 Å². The highest BCUT2D eigenvalue weighted by molar-refractivity contribution is 5.93. The highest BCUT2D eigenvalue weighted by Gasteiger charge is 2.21. The van der Waals surface area contributed by atoms with E-state index in [-0.39, 0.29) is 5.91 Å². The fraction of sp³-hybridized carbons (Fsp3) is 0.364. The van der Waals surface area contributed by atoms with Gasteiger partial charge in [0.05, 0.1) is 13.1 Å². The van der Waals surface area contributed by atoms with Crippen LogP contribution in [0.4, 0.5) is 5.69 Å². The fourth-order valence-electron chi connectivity index (χ4n) is 3.57. The minimum atomic E-state index is 0.0300. The van der Waals surface area contributed by atoms with E-state index >= 15 is 0 Å². The molecule has 0 unspecified atom stereocenters. The van der Waals surface area contributed by atoms with E-state index in [1.807, 2.05) is 36.4 Å². The second-order valence-electron chi connectivity index (χ2n) is 7.36. The highest BCUT2D eigenvalue weighted by atomic mass is 16.5. The molecule has 1 saturated heterocycles. The summed E-state index contributed by atoms with van der Waals surface area (Å²) in [6.45, 7) is 6.45. The molecule has 1 aliphatic heterocycles. The van der Waals surface area contributed by atoms with E-state index in [4.69, 9.17) is 4.52 Å². The van der Waals surface area contributed by atoms with Crippen molar-refractivity contribution < 1.29 is 9.32 Å². The Morgan fingerprint density at radius 2 is 1.90 bits per heavy atom. The number of aromatic nitrogens is 3. The normalized spacial score (nSPS) is 15.2. The molecule has 1 aliphatic rings. The van der Waals surface area contributed by atoms with Crippen LogP contribution >= 0.6 is 0 Å². The van der Waals surface area contributed by atoms with Crippen molar-refractivity contribution in [2.45, 2.75) is 19.9 Å². The van der Waals surface area contributed by atoms with Crippen molar-refractivity contribution in [2.24, 2.45) is 0 Å². The number of amides is 1. The molecule has 4 rings (SSSR count). The molecule has 1 amide bonds. The molecule has 8 nitrogen and oxygen atoms in total.